The Morgan fingerprint density at radius 3 is 2.54 bits per heavy atom. The van der Waals surface area contributed by atoms with E-state index in [-0.39, 0.29) is 49.5 Å². The Kier molecular flexibility index (Phi) is 3.38. The summed E-state index contributed by atoms with van der Waals surface area (Å²) in [5.41, 5.74) is -0.732. The Morgan fingerprint density at radius 2 is 1.96 bits per heavy atom. The number of alkyl halides is 3. The first-order valence-electron chi connectivity index (χ1n) is 8.35. The van der Waals surface area contributed by atoms with Crippen LogP contribution in [0.25, 0.3) is 0 Å². The van der Waals surface area contributed by atoms with E-state index in [1.54, 1.807) is 7.11 Å². The first-order chi connectivity index (χ1) is 11.3. The number of carbonyl (C=O) groups is 1. The van der Waals surface area contributed by atoms with E-state index in [4.69, 9.17) is 4.74 Å². The molecule has 4 aliphatic rings. The van der Waals surface area contributed by atoms with Crippen LogP contribution < -0.4 is 4.74 Å². The average molecular weight is 339 g/mol. The largest absolute Gasteiger partial charge is 0.497 e. The second-order valence-corrected chi connectivity index (χ2v) is 7.39. The van der Waals surface area contributed by atoms with Crippen LogP contribution in [0.15, 0.2) is 24.3 Å². The van der Waals surface area contributed by atoms with Crippen LogP contribution in [0.5, 0.6) is 5.75 Å². The molecule has 6 heteroatoms. The topological polar surface area (TPSA) is 29.5 Å². The summed E-state index contributed by atoms with van der Waals surface area (Å²) < 4.78 is 45.2. The minimum atomic E-state index is -4.31. The molecule has 1 aromatic rings. The molecule has 0 radical (unpaired) electrons. The maximum atomic E-state index is 13.4. The van der Waals surface area contributed by atoms with Crippen molar-refractivity contribution in [3.8, 4) is 5.75 Å². The average Bonchev–Trinajstić information content (AvgIpc) is 2.99. The molecule has 2 aliphatic heterocycles. The lowest BCUT2D eigenvalue weighted by atomic mass is 9.72. The number of nitrogens with zero attached hydrogens (tertiary/aromatic N) is 1. The fourth-order valence-electron chi connectivity index (χ4n) is 4.47. The van der Waals surface area contributed by atoms with Crippen LogP contribution in [-0.4, -0.2) is 36.2 Å². The number of methoxy groups -OCH3 is 1. The summed E-state index contributed by atoms with van der Waals surface area (Å²) in [6, 6.07) is 7.69. The molecular formula is C18H20F3NO2. The lowest BCUT2D eigenvalue weighted by molar-refractivity contribution is -0.236. The van der Waals surface area contributed by atoms with Gasteiger partial charge in [-0.2, -0.15) is 13.2 Å². The van der Waals surface area contributed by atoms with E-state index in [0.717, 1.165) is 22.6 Å². The molecule has 3 nitrogen and oxygen atoms in total. The molecule has 130 valence electrons. The Bertz CT molecular complexity index is 649. The maximum absolute atomic E-state index is 13.4. The number of carbonyl (C=O) groups excluding carboxylic acids is 1. The highest BCUT2D eigenvalue weighted by atomic mass is 19.4. The van der Waals surface area contributed by atoms with Crippen molar-refractivity contribution >= 4 is 5.91 Å². The summed E-state index contributed by atoms with van der Waals surface area (Å²) in [5.74, 6) is 0.921. The van der Waals surface area contributed by atoms with E-state index >= 15 is 0 Å². The van der Waals surface area contributed by atoms with Crippen LogP contribution in [-0.2, 0) is 4.79 Å². The van der Waals surface area contributed by atoms with Crippen LogP contribution in [0.1, 0.15) is 37.2 Å². The second-order valence-electron chi connectivity index (χ2n) is 7.39. The van der Waals surface area contributed by atoms with Gasteiger partial charge in [0.2, 0.25) is 5.91 Å². The van der Waals surface area contributed by atoms with Crippen molar-refractivity contribution in [2.24, 2.45) is 11.8 Å². The summed E-state index contributed by atoms with van der Waals surface area (Å²) in [7, 11) is 1.60. The molecule has 1 amide bonds. The highest BCUT2D eigenvalue weighted by Crippen LogP contribution is 2.59. The molecule has 2 bridgehead atoms. The van der Waals surface area contributed by atoms with Gasteiger partial charge in [0.05, 0.1) is 7.11 Å². The number of hydrogen-bond donors (Lipinski definition) is 0. The van der Waals surface area contributed by atoms with Gasteiger partial charge in [-0.25, -0.2) is 0 Å². The monoisotopic (exact) mass is 339 g/mol. The number of amides is 1. The molecular weight excluding hydrogens is 319 g/mol. The van der Waals surface area contributed by atoms with Gasteiger partial charge in [-0.1, -0.05) is 12.1 Å². The number of hydrogen-bond acceptors (Lipinski definition) is 2. The third-order valence-electron chi connectivity index (χ3n) is 5.94. The third kappa shape index (κ3) is 2.30. The van der Waals surface area contributed by atoms with Gasteiger partial charge in [-0.15, -0.1) is 0 Å². The first-order valence-corrected chi connectivity index (χ1v) is 8.35. The molecule has 24 heavy (non-hydrogen) atoms. The highest BCUT2D eigenvalue weighted by molar-refractivity contribution is 5.79. The van der Waals surface area contributed by atoms with Gasteiger partial charge in [0, 0.05) is 13.0 Å². The van der Waals surface area contributed by atoms with Crippen molar-refractivity contribution in [3.63, 3.8) is 0 Å². The zero-order chi connectivity index (χ0) is 17.1. The number of halogens is 3. The predicted octanol–water partition coefficient (Wildman–Crippen LogP) is 3.74. The van der Waals surface area contributed by atoms with Crippen molar-refractivity contribution < 1.29 is 22.7 Å². The lowest BCUT2D eigenvalue weighted by Gasteiger charge is -2.43. The molecule has 0 unspecified atom stereocenters. The molecule has 0 N–H and O–H groups in total. The van der Waals surface area contributed by atoms with Gasteiger partial charge >= 0.3 is 6.18 Å². The van der Waals surface area contributed by atoms with Gasteiger partial charge < -0.3 is 9.64 Å². The van der Waals surface area contributed by atoms with E-state index < -0.39 is 11.7 Å². The summed E-state index contributed by atoms with van der Waals surface area (Å²) in [4.78, 5) is 13.6. The van der Waals surface area contributed by atoms with Crippen molar-refractivity contribution in [3.05, 3.63) is 29.8 Å². The molecule has 0 aromatic heterocycles. The standard InChI is InChI=1S/C18H20F3NO2/c1-24-14-4-2-12(3-5-14)15-6-13(15)7-16(23)22-10-11-8-17(22,9-11)18(19,20)21/h2-5,11,13,15H,6-10H2,1H3/t11?,13-,15-,17?/m0/s1. The molecule has 2 saturated heterocycles. The molecule has 2 atom stereocenters. The summed E-state index contributed by atoms with van der Waals surface area (Å²) in [5, 5.41) is 0. The molecule has 2 aliphatic carbocycles. The van der Waals surface area contributed by atoms with Crippen LogP contribution in [0, 0.1) is 11.8 Å². The second kappa shape index (κ2) is 5.14. The summed E-state index contributed by atoms with van der Waals surface area (Å²) in [6.07, 6.45) is -3.03. The van der Waals surface area contributed by atoms with E-state index in [1.165, 1.54) is 0 Å². The third-order valence-corrected chi connectivity index (χ3v) is 5.94. The van der Waals surface area contributed by atoms with E-state index in [2.05, 4.69) is 0 Å². The number of rotatable bonds is 4. The minimum Gasteiger partial charge on any atom is -0.497 e. The van der Waals surface area contributed by atoms with Gasteiger partial charge in [0.25, 0.3) is 0 Å². The van der Waals surface area contributed by atoms with E-state index in [9.17, 15) is 18.0 Å². The van der Waals surface area contributed by atoms with E-state index in [0.29, 0.717) is 0 Å². The molecule has 0 spiro atoms. The van der Waals surface area contributed by atoms with Crippen LogP contribution in [0.4, 0.5) is 13.2 Å². The number of fused-ring (bicyclic) bond motifs is 1. The smallest absolute Gasteiger partial charge is 0.411 e. The van der Waals surface area contributed by atoms with Gasteiger partial charge in [0.1, 0.15) is 11.3 Å². The first kappa shape index (κ1) is 15.8. The predicted molar refractivity (Wildman–Crippen MR) is 81.7 cm³/mol. The minimum absolute atomic E-state index is 0.0344. The molecule has 1 aromatic carbocycles. The zero-order valence-corrected chi connectivity index (χ0v) is 13.5. The SMILES string of the molecule is COc1ccc([C@@H]2C[C@H]2CC(=O)N2CC3CC2(C(F)(F)F)C3)cc1. The fraction of sp³-hybridized carbons (Fsp3) is 0.611. The molecule has 4 fully saturated rings. The van der Waals surface area contributed by atoms with Crippen molar-refractivity contribution in [2.45, 2.75) is 43.3 Å². The Balaban J connectivity index is 1.39. The van der Waals surface area contributed by atoms with Crippen molar-refractivity contribution in [2.75, 3.05) is 13.7 Å². The van der Waals surface area contributed by atoms with Gasteiger partial charge in [-0.3, -0.25) is 4.79 Å². The van der Waals surface area contributed by atoms with Crippen LogP contribution in [0.2, 0.25) is 0 Å². The Hall–Kier alpha value is -1.72. The van der Waals surface area contributed by atoms with Crippen molar-refractivity contribution in [1.82, 2.24) is 4.90 Å². The molecule has 2 saturated carbocycles. The van der Waals surface area contributed by atoms with Gasteiger partial charge in [-0.05, 0) is 54.7 Å². The van der Waals surface area contributed by atoms with E-state index in [1.807, 2.05) is 24.3 Å². The molecule has 2 heterocycles. The van der Waals surface area contributed by atoms with Crippen LogP contribution >= 0.6 is 0 Å². The highest BCUT2D eigenvalue weighted by Gasteiger charge is 2.71. The quantitative estimate of drug-likeness (QED) is 0.836. The normalized spacial score (nSPS) is 34.0. The fourth-order valence-corrected chi connectivity index (χ4v) is 4.47. The summed E-state index contributed by atoms with van der Waals surface area (Å²) in [6.45, 7) is 0.276. The maximum Gasteiger partial charge on any atom is 0.411 e. The Morgan fingerprint density at radius 1 is 1.29 bits per heavy atom. The summed E-state index contributed by atoms with van der Waals surface area (Å²) >= 11 is 0. The number of ether oxygens (including phenoxy) is 1. The molecule has 5 rings (SSSR count). The zero-order valence-electron chi connectivity index (χ0n) is 13.5. The van der Waals surface area contributed by atoms with Crippen LogP contribution in [0.3, 0.4) is 0 Å². The van der Waals surface area contributed by atoms with Gasteiger partial charge in [0.15, 0.2) is 0 Å². The van der Waals surface area contributed by atoms with Crippen molar-refractivity contribution in [1.29, 1.82) is 0 Å². The number of benzene rings is 1. The Labute approximate surface area is 138 Å². The lowest BCUT2D eigenvalue weighted by Crippen LogP contribution is -2.58.